The maximum atomic E-state index is 12.7. The van der Waals surface area contributed by atoms with Gasteiger partial charge in [0.1, 0.15) is 6.61 Å². The van der Waals surface area contributed by atoms with Gasteiger partial charge in [-0.05, 0) is 38.5 Å². The van der Waals surface area contributed by atoms with Crippen LogP contribution in [0.1, 0.15) is 32.8 Å². The van der Waals surface area contributed by atoms with Crippen LogP contribution in [0.4, 0.5) is 24.5 Å². The Morgan fingerprint density at radius 2 is 1.95 bits per heavy atom. The minimum absolute atomic E-state index is 0.0272. The van der Waals surface area contributed by atoms with Crippen molar-refractivity contribution in [3.8, 4) is 0 Å². The summed E-state index contributed by atoms with van der Waals surface area (Å²) in [5, 5.41) is 2.36. The molecule has 0 heterocycles. The molecule has 1 rings (SSSR count). The number of nitrogen functional groups attached to an aromatic ring is 1. The van der Waals surface area contributed by atoms with E-state index in [0.717, 1.165) is 12.1 Å². The molecule has 118 valence electrons. The van der Waals surface area contributed by atoms with E-state index >= 15 is 0 Å². The molecule has 0 aliphatic rings. The fourth-order valence-corrected chi connectivity index (χ4v) is 1.44. The van der Waals surface area contributed by atoms with E-state index in [1.165, 1.54) is 6.07 Å². The predicted molar refractivity (Wildman–Crippen MR) is 74.8 cm³/mol. The molecule has 3 N–H and O–H groups in total. The van der Waals surface area contributed by atoms with Crippen LogP contribution in [-0.2, 0) is 15.7 Å². The molecule has 7 heteroatoms. The average molecular weight is 304 g/mol. The highest BCUT2D eigenvalue weighted by Crippen LogP contribution is 2.35. The zero-order valence-corrected chi connectivity index (χ0v) is 12.2. The van der Waals surface area contributed by atoms with Crippen molar-refractivity contribution in [2.24, 2.45) is 0 Å². The van der Waals surface area contributed by atoms with Crippen LogP contribution in [0.2, 0.25) is 0 Å². The van der Waals surface area contributed by atoms with Crippen molar-refractivity contribution in [3.63, 3.8) is 0 Å². The van der Waals surface area contributed by atoms with Crippen LogP contribution < -0.4 is 11.1 Å². The third-order valence-electron chi connectivity index (χ3n) is 3.09. The standard InChI is InChI=1S/C14H19F3N2O2/c1-4-13(2,3)21-8-12(20)19-9-5-6-11(18)10(7-9)14(15,16)17/h5-7H,4,8,18H2,1-3H3,(H,19,20). The number of nitrogens with one attached hydrogen (secondary N) is 1. The number of benzene rings is 1. The molecule has 0 saturated carbocycles. The Hall–Kier alpha value is -1.76. The van der Waals surface area contributed by atoms with Crippen molar-refractivity contribution in [3.05, 3.63) is 23.8 Å². The Bertz CT molecular complexity index is 513. The molecule has 0 fully saturated rings. The minimum Gasteiger partial charge on any atom is -0.398 e. The first-order chi connectivity index (χ1) is 9.55. The van der Waals surface area contributed by atoms with Gasteiger partial charge in [0.2, 0.25) is 5.91 Å². The highest BCUT2D eigenvalue weighted by molar-refractivity contribution is 5.92. The number of nitrogens with two attached hydrogens (primary N) is 1. The zero-order chi connectivity index (χ0) is 16.3. The first-order valence-corrected chi connectivity index (χ1v) is 6.45. The van der Waals surface area contributed by atoms with Gasteiger partial charge in [0.25, 0.3) is 0 Å². The summed E-state index contributed by atoms with van der Waals surface area (Å²) >= 11 is 0. The molecule has 1 aromatic rings. The number of anilines is 2. The topological polar surface area (TPSA) is 64.3 Å². The Morgan fingerprint density at radius 1 is 1.33 bits per heavy atom. The first kappa shape index (κ1) is 17.3. The van der Waals surface area contributed by atoms with E-state index < -0.39 is 23.2 Å². The molecule has 0 unspecified atom stereocenters. The van der Waals surface area contributed by atoms with E-state index in [-0.39, 0.29) is 18.0 Å². The first-order valence-electron chi connectivity index (χ1n) is 6.45. The number of amides is 1. The Labute approximate surface area is 121 Å². The van der Waals surface area contributed by atoms with Crippen LogP contribution in [0.15, 0.2) is 18.2 Å². The van der Waals surface area contributed by atoms with Crippen molar-refractivity contribution in [2.75, 3.05) is 17.7 Å². The Kier molecular flexibility index (Phi) is 5.22. The van der Waals surface area contributed by atoms with E-state index in [0.29, 0.717) is 6.42 Å². The van der Waals surface area contributed by atoms with Crippen molar-refractivity contribution < 1.29 is 22.7 Å². The maximum Gasteiger partial charge on any atom is 0.418 e. The number of rotatable bonds is 5. The molecular formula is C14H19F3N2O2. The van der Waals surface area contributed by atoms with Crippen LogP contribution in [-0.4, -0.2) is 18.1 Å². The van der Waals surface area contributed by atoms with Crippen molar-refractivity contribution in [2.45, 2.75) is 39.0 Å². The molecule has 0 atom stereocenters. The molecule has 1 aromatic carbocycles. The number of hydrogen-bond donors (Lipinski definition) is 2. The van der Waals surface area contributed by atoms with Gasteiger partial charge in [0.15, 0.2) is 0 Å². The van der Waals surface area contributed by atoms with Gasteiger partial charge >= 0.3 is 6.18 Å². The second-order valence-electron chi connectivity index (χ2n) is 5.25. The quantitative estimate of drug-likeness (QED) is 0.819. The van der Waals surface area contributed by atoms with Crippen LogP contribution in [0.25, 0.3) is 0 Å². The number of halogens is 3. The number of hydrogen-bond acceptors (Lipinski definition) is 3. The lowest BCUT2D eigenvalue weighted by atomic mass is 10.1. The number of carbonyl (C=O) groups excluding carboxylic acids is 1. The molecule has 0 bridgehead atoms. The number of ether oxygens (including phenoxy) is 1. The molecule has 0 radical (unpaired) electrons. The summed E-state index contributed by atoms with van der Waals surface area (Å²) in [5.74, 6) is -0.519. The summed E-state index contributed by atoms with van der Waals surface area (Å²) in [5.41, 5.74) is 3.49. The number of carbonyl (C=O) groups is 1. The van der Waals surface area contributed by atoms with Gasteiger partial charge in [0.05, 0.1) is 11.2 Å². The van der Waals surface area contributed by atoms with Gasteiger partial charge in [-0.15, -0.1) is 0 Å². The second kappa shape index (κ2) is 6.34. The van der Waals surface area contributed by atoms with Crippen molar-refractivity contribution >= 4 is 17.3 Å². The van der Waals surface area contributed by atoms with Crippen LogP contribution in [0.5, 0.6) is 0 Å². The van der Waals surface area contributed by atoms with Gasteiger partial charge in [-0.3, -0.25) is 4.79 Å². The summed E-state index contributed by atoms with van der Waals surface area (Å²) in [6.45, 7) is 5.33. The molecule has 0 aliphatic carbocycles. The van der Waals surface area contributed by atoms with Crippen LogP contribution in [0, 0.1) is 0 Å². The summed E-state index contributed by atoms with van der Waals surface area (Å²) < 4.78 is 43.5. The van der Waals surface area contributed by atoms with Gasteiger partial charge in [-0.1, -0.05) is 6.92 Å². The van der Waals surface area contributed by atoms with E-state index in [4.69, 9.17) is 10.5 Å². The third kappa shape index (κ3) is 5.26. The van der Waals surface area contributed by atoms with Crippen LogP contribution >= 0.6 is 0 Å². The molecule has 0 saturated heterocycles. The predicted octanol–water partition coefficient (Wildman–Crippen LogP) is 3.43. The van der Waals surface area contributed by atoms with Crippen molar-refractivity contribution in [1.29, 1.82) is 0 Å². The van der Waals surface area contributed by atoms with E-state index in [9.17, 15) is 18.0 Å². The van der Waals surface area contributed by atoms with Gasteiger partial charge in [0, 0.05) is 11.4 Å². The lowest BCUT2D eigenvalue weighted by Crippen LogP contribution is -2.29. The molecule has 0 aliphatic heterocycles. The fraction of sp³-hybridized carbons (Fsp3) is 0.500. The van der Waals surface area contributed by atoms with E-state index in [2.05, 4.69) is 5.32 Å². The fourth-order valence-electron chi connectivity index (χ4n) is 1.44. The summed E-state index contributed by atoms with van der Waals surface area (Å²) in [6, 6.07) is 3.22. The lowest BCUT2D eigenvalue weighted by Gasteiger charge is -2.23. The van der Waals surface area contributed by atoms with Gasteiger partial charge in [-0.25, -0.2) is 0 Å². The maximum absolute atomic E-state index is 12.7. The lowest BCUT2D eigenvalue weighted by molar-refractivity contribution is -0.137. The summed E-state index contributed by atoms with van der Waals surface area (Å²) in [7, 11) is 0. The molecule has 21 heavy (non-hydrogen) atoms. The second-order valence-corrected chi connectivity index (χ2v) is 5.25. The average Bonchev–Trinajstić information content (AvgIpc) is 2.37. The minimum atomic E-state index is -4.56. The zero-order valence-electron chi connectivity index (χ0n) is 12.2. The van der Waals surface area contributed by atoms with Gasteiger partial charge in [-0.2, -0.15) is 13.2 Å². The SMILES string of the molecule is CCC(C)(C)OCC(=O)Nc1ccc(N)c(C(F)(F)F)c1. The monoisotopic (exact) mass is 304 g/mol. The largest absolute Gasteiger partial charge is 0.418 e. The molecule has 1 amide bonds. The van der Waals surface area contributed by atoms with Crippen LogP contribution in [0.3, 0.4) is 0 Å². The summed E-state index contributed by atoms with van der Waals surface area (Å²) in [6.07, 6.45) is -3.86. The van der Waals surface area contributed by atoms with E-state index in [1.807, 2.05) is 20.8 Å². The Balaban J connectivity index is 2.74. The third-order valence-corrected chi connectivity index (χ3v) is 3.09. The smallest absolute Gasteiger partial charge is 0.398 e. The number of alkyl halides is 3. The highest BCUT2D eigenvalue weighted by Gasteiger charge is 2.33. The molecular weight excluding hydrogens is 285 g/mol. The molecule has 0 spiro atoms. The van der Waals surface area contributed by atoms with Gasteiger partial charge < -0.3 is 15.8 Å². The highest BCUT2D eigenvalue weighted by atomic mass is 19.4. The molecule has 0 aromatic heterocycles. The normalized spacial score (nSPS) is 12.3. The van der Waals surface area contributed by atoms with E-state index in [1.54, 1.807) is 0 Å². The van der Waals surface area contributed by atoms with Crippen molar-refractivity contribution in [1.82, 2.24) is 0 Å². The summed E-state index contributed by atoms with van der Waals surface area (Å²) in [4.78, 5) is 11.7. The molecule has 4 nitrogen and oxygen atoms in total. The Morgan fingerprint density at radius 3 is 2.48 bits per heavy atom.